The summed E-state index contributed by atoms with van der Waals surface area (Å²) in [6, 6.07) is 9.00. The first-order valence-corrected chi connectivity index (χ1v) is 10.4. The molecule has 0 spiro atoms. The number of hydrogen-bond donors (Lipinski definition) is 1. The molecule has 1 N–H and O–H groups in total. The van der Waals surface area contributed by atoms with Crippen LogP contribution in [0.4, 0.5) is 0 Å². The Morgan fingerprint density at radius 2 is 1.61 bits per heavy atom. The van der Waals surface area contributed by atoms with E-state index in [4.69, 9.17) is 0 Å². The summed E-state index contributed by atoms with van der Waals surface area (Å²) in [7, 11) is -0.700. The Balaban J connectivity index is 2.08. The van der Waals surface area contributed by atoms with Crippen LogP contribution in [-0.4, -0.2) is 21.3 Å². The quantitative estimate of drug-likeness (QED) is 0.586. The Morgan fingerprint density at radius 1 is 0.957 bits per heavy atom. The maximum absolute atomic E-state index is 11.9. The van der Waals surface area contributed by atoms with E-state index in [1.807, 2.05) is 0 Å². The molecule has 1 aromatic rings. The molecule has 0 bridgehead atoms. The van der Waals surface area contributed by atoms with Crippen LogP contribution in [0.5, 0.6) is 0 Å². The summed E-state index contributed by atoms with van der Waals surface area (Å²) in [5, 5.41) is 3.51. The summed E-state index contributed by atoms with van der Waals surface area (Å²) in [4.78, 5) is 0. The van der Waals surface area contributed by atoms with Crippen molar-refractivity contribution in [1.29, 1.82) is 0 Å². The van der Waals surface area contributed by atoms with Crippen LogP contribution < -0.4 is 5.32 Å². The molecular weight excluding hydrogens is 302 g/mol. The van der Waals surface area contributed by atoms with Crippen LogP contribution in [0.2, 0.25) is 0 Å². The third-order valence-electron chi connectivity index (χ3n) is 4.04. The topological polar surface area (TPSA) is 29.1 Å². The van der Waals surface area contributed by atoms with E-state index >= 15 is 0 Å². The second-order valence-electron chi connectivity index (χ2n) is 7.32. The third-order valence-corrected chi connectivity index (χ3v) is 6.06. The van der Waals surface area contributed by atoms with Crippen molar-refractivity contribution >= 4 is 10.8 Å². The van der Waals surface area contributed by atoms with Crippen molar-refractivity contribution in [3.05, 3.63) is 35.4 Å². The summed E-state index contributed by atoms with van der Waals surface area (Å²) in [5.41, 5.74) is 2.81. The molecule has 0 aliphatic rings. The van der Waals surface area contributed by atoms with Crippen LogP contribution in [0.1, 0.15) is 70.9 Å². The summed E-state index contributed by atoms with van der Waals surface area (Å²) in [5.74, 6) is 0.836. The molecular formula is C20H35NOS. The van der Waals surface area contributed by atoms with Crippen LogP contribution in [0, 0.1) is 0 Å². The normalized spacial score (nSPS) is 13.2. The number of rotatable bonds is 11. The summed E-state index contributed by atoms with van der Waals surface area (Å²) in [6.45, 7) is 10.4. The van der Waals surface area contributed by atoms with Gasteiger partial charge >= 0.3 is 0 Å². The molecule has 0 saturated carbocycles. The molecule has 132 valence electrons. The largest absolute Gasteiger partial charge is 0.313 e. The molecule has 0 aromatic heterocycles. The zero-order valence-corrected chi connectivity index (χ0v) is 16.3. The molecule has 0 amide bonds. The summed E-state index contributed by atoms with van der Waals surface area (Å²) < 4.78 is 11.9. The molecule has 0 radical (unpaired) electrons. The minimum Gasteiger partial charge on any atom is -0.313 e. The Hall–Kier alpha value is -0.670. The fraction of sp³-hybridized carbons (Fsp3) is 0.700. The average Bonchev–Trinajstić information content (AvgIpc) is 2.52. The van der Waals surface area contributed by atoms with E-state index < -0.39 is 10.8 Å². The van der Waals surface area contributed by atoms with Crippen molar-refractivity contribution in [2.45, 2.75) is 77.5 Å². The predicted molar refractivity (Wildman–Crippen MR) is 103 cm³/mol. The molecule has 1 aromatic carbocycles. The van der Waals surface area contributed by atoms with Gasteiger partial charge < -0.3 is 5.32 Å². The van der Waals surface area contributed by atoms with Crippen LogP contribution in [0.3, 0.4) is 0 Å². The van der Waals surface area contributed by atoms with Gasteiger partial charge in [-0.3, -0.25) is 4.21 Å². The molecule has 1 atom stereocenters. The van der Waals surface area contributed by atoms with Gasteiger partial charge in [0.1, 0.15) is 0 Å². The number of aryl methyl sites for hydroxylation is 1. The van der Waals surface area contributed by atoms with Gasteiger partial charge in [-0.05, 0) is 64.1 Å². The molecule has 0 heterocycles. The lowest BCUT2D eigenvalue weighted by atomic mass is 10.1. The first kappa shape index (κ1) is 20.4. The second kappa shape index (κ2) is 11.0. The van der Waals surface area contributed by atoms with Gasteiger partial charge in [-0.1, -0.05) is 44.0 Å². The van der Waals surface area contributed by atoms with Gasteiger partial charge in [-0.2, -0.15) is 0 Å². The van der Waals surface area contributed by atoms with Crippen molar-refractivity contribution in [1.82, 2.24) is 5.32 Å². The van der Waals surface area contributed by atoms with Crippen LogP contribution in [0.15, 0.2) is 24.3 Å². The molecule has 2 nitrogen and oxygen atoms in total. The van der Waals surface area contributed by atoms with Gasteiger partial charge in [0.15, 0.2) is 0 Å². The molecule has 0 aliphatic heterocycles. The zero-order valence-electron chi connectivity index (χ0n) is 15.5. The van der Waals surface area contributed by atoms with Crippen LogP contribution in [0.25, 0.3) is 0 Å². The first-order valence-electron chi connectivity index (χ1n) is 9.10. The molecule has 1 unspecified atom stereocenters. The minimum atomic E-state index is -0.700. The fourth-order valence-corrected chi connectivity index (χ4v) is 3.48. The molecule has 23 heavy (non-hydrogen) atoms. The monoisotopic (exact) mass is 337 g/mol. The maximum atomic E-state index is 11.9. The number of nitrogens with one attached hydrogen (secondary N) is 1. The lowest BCUT2D eigenvalue weighted by Gasteiger charge is -2.17. The van der Waals surface area contributed by atoms with E-state index in [1.54, 1.807) is 0 Å². The van der Waals surface area contributed by atoms with Gasteiger partial charge in [0.05, 0.1) is 0 Å². The van der Waals surface area contributed by atoms with Gasteiger partial charge in [0.25, 0.3) is 0 Å². The van der Waals surface area contributed by atoms with Crippen LogP contribution >= 0.6 is 0 Å². The van der Waals surface area contributed by atoms with Gasteiger partial charge in [0.2, 0.25) is 0 Å². The Labute approximate surface area is 145 Å². The lowest BCUT2D eigenvalue weighted by Crippen LogP contribution is -2.24. The average molecular weight is 338 g/mol. The summed E-state index contributed by atoms with van der Waals surface area (Å²) >= 11 is 0. The van der Waals surface area contributed by atoms with Crippen molar-refractivity contribution in [2.75, 3.05) is 12.3 Å². The van der Waals surface area contributed by atoms with Crippen LogP contribution in [-0.2, 0) is 23.8 Å². The van der Waals surface area contributed by atoms with E-state index in [2.05, 4.69) is 57.3 Å². The molecule has 0 aliphatic carbocycles. The summed E-state index contributed by atoms with van der Waals surface area (Å²) in [6.07, 6.45) is 7.11. The highest BCUT2D eigenvalue weighted by Gasteiger charge is 2.18. The van der Waals surface area contributed by atoms with Crippen molar-refractivity contribution < 1.29 is 4.21 Å². The van der Waals surface area contributed by atoms with E-state index in [9.17, 15) is 4.21 Å². The van der Waals surface area contributed by atoms with Crippen molar-refractivity contribution in [2.24, 2.45) is 0 Å². The van der Waals surface area contributed by atoms with Gasteiger partial charge in [0, 0.05) is 27.8 Å². The van der Waals surface area contributed by atoms with E-state index in [-0.39, 0.29) is 4.75 Å². The predicted octanol–water partition coefficient (Wildman–Crippen LogP) is 4.84. The SMILES string of the molecule is CCCCc1ccc(CNCCCCCS(=O)C(C)(C)C)cc1. The molecule has 0 saturated heterocycles. The van der Waals surface area contributed by atoms with E-state index in [1.165, 1.54) is 30.4 Å². The lowest BCUT2D eigenvalue weighted by molar-refractivity contribution is 0.609. The minimum absolute atomic E-state index is 0.0679. The first-order chi connectivity index (χ1) is 10.9. The zero-order chi connectivity index (χ0) is 17.1. The maximum Gasteiger partial charge on any atom is 0.0375 e. The second-order valence-corrected chi connectivity index (χ2v) is 9.64. The van der Waals surface area contributed by atoms with Crippen molar-refractivity contribution in [3.63, 3.8) is 0 Å². The standard InChI is InChI=1S/C20H35NOS/c1-5-6-10-18-11-13-19(14-12-18)17-21-15-8-7-9-16-23(22)20(2,3)4/h11-14,21H,5-10,15-17H2,1-4H3. The highest BCUT2D eigenvalue weighted by molar-refractivity contribution is 7.86. The highest BCUT2D eigenvalue weighted by atomic mass is 32.2. The number of benzene rings is 1. The molecule has 0 fully saturated rings. The van der Waals surface area contributed by atoms with E-state index in [0.29, 0.717) is 0 Å². The third kappa shape index (κ3) is 9.26. The Bertz CT molecular complexity index is 448. The highest BCUT2D eigenvalue weighted by Crippen LogP contribution is 2.13. The Kier molecular flexibility index (Phi) is 9.73. The van der Waals surface area contributed by atoms with E-state index in [0.717, 1.165) is 38.1 Å². The fourth-order valence-electron chi connectivity index (χ4n) is 2.40. The number of unbranched alkanes of at least 4 members (excludes halogenated alkanes) is 3. The smallest absolute Gasteiger partial charge is 0.0375 e. The van der Waals surface area contributed by atoms with Crippen molar-refractivity contribution in [3.8, 4) is 0 Å². The Morgan fingerprint density at radius 3 is 2.22 bits per heavy atom. The number of hydrogen-bond acceptors (Lipinski definition) is 2. The van der Waals surface area contributed by atoms with Gasteiger partial charge in [-0.15, -0.1) is 0 Å². The van der Waals surface area contributed by atoms with Gasteiger partial charge in [-0.25, -0.2) is 0 Å². The molecule has 1 rings (SSSR count). The molecule has 3 heteroatoms.